The van der Waals surface area contributed by atoms with E-state index in [1.807, 2.05) is 36.2 Å². The molecule has 4 atom stereocenters. The van der Waals surface area contributed by atoms with E-state index < -0.39 is 0 Å². The fourth-order valence-corrected chi connectivity index (χ4v) is 7.06. The zero-order valence-corrected chi connectivity index (χ0v) is 25.4. The predicted octanol–water partition coefficient (Wildman–Crippen LogP) is 5.71. The van der Waals surface area contributed by atoms with Crippen LogP contribution in [0.25, 0.3) is 0 Å². The first-order valence-corrected chi connectivity index (χ1v) is 15.3. The van der Waals surface area contributed by atoms with Gasteiger partial charge in [0.2, 0.25) is 5.91 Å². The molecule has 0 aromatic heterocycles. The predicted molar refractivity (Wildman–Crippen MR) is 164 cm³/mol. The van der Waals surface area contributed by atoms with Crippen molar-refractivity contribution < 1.29 is 23.9 Å². The van der Waals surface area contributed by atoms with Gasteiger partial charge in [-0.1, -0.05) is 55.0 Å². The average Bonchev–Trinajstić information content (AvgIpc) is 2.97. The number of hydrogen-bond donors (Lipinski definition) is 0. The largest absolute Gasteiger partial charge is 0.462 e. The van der Waals surface area contributed by atoms with Gasteiger partial charge in [-0.3, -0.25) is 19.3 Å². The molecule has 1 unspecified atom stereocenters. The minimum atomic E-state index is -0.365. The number of nitrogens with zero attached hydrogens (tertiary/aromatic N) is 2. The molecule has 1 saturated heterocycles. The molecule has 1 saturated carbocycles. The Morgan fingerprint density at radius 3 is 2.55 bits per heavy atom. The fraction of sp³-hybridized carbons (Fsp3) is 0.514. The summed E-state index contributed by atoms with van der Waals surface area (Å²) in [6.45, 7) is 9.17. The summed E-state index contributed by atoms with van der Waals surface area (Å²) < 4.78 is 11.5. The van der Waals surface area contributed by atoms with Crippen molar-refractivity contribution in [3.63, 3.8) is 0 Å². The molecule has 7 heteroatoms. The standard InChI is InChI=1S/C35H46N2O5/c1-5-20-37-21-19-35(29-16-12-17-31(22-29)41-26(2)38)24-30(23-33(32(35)25-37)42-27(3)39)36(4)34(40)18-11-7-10-15-28-13-8-6-9-14-28/h5-6,8-9,12-14,16-17,22,30,32-33H,1,7,10-11,15,18-21,23-25H2,2-4H3/t30-,32-,33?,35-/m0/s1. The van der Waals surface area contributed by atoms with Crippen molar-refractivity contribution in [1.29, 1.82) is 0 Å². The monoisotopic (exact) mass is 574 g/mol. The van der Waals surface area contributed by atoms with Crippen LogP contribution in [0.5, 0.6) is 5.75 Å². The normalized spacial score (nSPS) is 23.8. The number of ether oxygens (including phenoxy) is 2. The molecular weight excluding hydrogens is 528 g/mol. The van der Waals surface area contributed by atoms with Gasteiger partial charge in [-0.05, 0) is 61.9 Å². The lowest BCUT2D eigenvalue weighted by molar-refractivity contribution is -0.160. The molecule has 0 spiro atoms. The van der Waals surface area contributed by atoms with Gasteiger partial charge in [0.15, 0.2) is 0 Å². The highest BCUT2D eigenvalue weighted by Gasteiger charge is 2.54. The van der Waals surface area contributed by atoms with Gasteiger partial charge in [-0.15, -0.1) is 6.58 Å². The number of likely N-dealkylation sites (tertiary alicyclic amines) is 1. The average molecular weight is 575 g/mol. The molecular formula is C35H46N2O5. The van der Waals surface area contributed by atoms with Gasteiger partial charge in [0.1, 0.15) is 11.9 Å². The number of unbranched alkanes of at least 4 members (excludes halogenated alkanes) is 2. The van der Waals surface area contributed by atoms with Crippen molar-refractivity contribution in [3.8, 4) is 5.75 Å². The van der Waals surface area contributed by atoms with E-state index in [1.165, 1.54) is 19.4 Å². The number of benzene rings is 2. The first-order valence-electron chi connectivity index (χ1n) is 15.3. The van der Waals surface area contributed by atoms with Crippen molar-refractivity contribution in [2.24, 2.45) is 5.92 Å². The number of fused-ring (bicyclic) bond motifs is 1. The summed E-state index contributed by atoms with van der Waals surface area (Å²) in [6.07, 6.45) is 8.22. The van der Waals surface area contributed by atoms with Crippen LogP contribution in [-0.2, 0) is 31.0 Å². The maximum Gasteiger partial charge on any atom is 0.308 e. The number of hydrogen-bond acceptors (Lipinski definition) is 6. The van der Waals surface area contributed by atoms with E-state index in [4.69, 9.17) is 9.47 Å². The molecule has 1 amide bonds. The number of carbonyl (C=O) groups excluding carboxylic acids is 3. The van der Waals surface area contributed by atoms with Gasteiger partial charge in [-0.2, -0.15) is 0 Å². The van der Waals surface area contributed by atoms with Crippen LogP contribution < -0.4 is 4.74 Å². The van der Waals surface area contributed by atoms with Gasteiger partial charge in [0.25, 0.3) is 0 Å². The van der Waals surface area contributed by atoms with Gasteiger partial charge in [0.05, 0.1) is 0 Å². The molecule has 42 heavy (non-hydrogen) atoms. The number of aryl methyl sites for hydroxylation is 1. The third-order valence-electron chi connectivity index (χ3n) is 9.11. The number of carbonyl (C=O) groups is 3. The Labute approximate surface area is 250 Å². The highest BCUT2D eigenvalue weighted by Crippen LogP contribution is 2.51. The van der Waals surface area contributed by atoms with E-state index in [0.29, 0.717) is 18.6 Å². The summed E-state index contributed by atoms with van der Waals surface area (Å²) in [4.78, 5) is 41.8. The van der Waals surface area contributed by atoms with Crippen molar-refractivity contribution in [2.45, 2.75) is 82.8 Å². The second kappa shape index (κ2) is 14.6. The first kappa shape index (κ1) is 31.5. The Bertz CT molecular complexity index is 1230. The maximum absolute atomic E-state index is 13.5. The smallest absolute Gasteiger partial charge is 0.308 e. The van der Waals surface area contributed by atoms with E-state index in [-0.39, 0.29) is 41.3 Å². The van der Waals surface area contributed by atoms with Gasteiger partial charge >= 0.3 is 11.9 Å². The molecule has 7 nitrogen and oxygen atoms in total. The van der Waals surface area contributed by atoms with E-state index >= 15 is 0 Å². The highest BCUT2D eigenvalue weighted by molar-refractivity contribution is 5.76. The molecule has 2 aliphatic rings. The molecule has 4 rings (SSSR count). The van der Waals surface area contributed by atoms with Crippen LogP contribution in [0.3, 0.4) is 0 Å². The third-order valence-corrected chi connectivity index (χ3v) is 9.11. The van der Waals surface area contributed by atoms with Crippen LogP contribution in [0.4, 0.5) is 0 Å². The van der Waals surface area contributed by atoms with Crippen LogP contribution in [0.2, 0.25) is 0 Å². The molecule has 0 bridgehead atoms. The van der Waals surface area contributed by atoms with Gasteiger partial charge in [-0.25, -0.2) is 0 Å². The number of amides is 1. The summed E-state index contributed by atoms with van der Waals surface area (Å²) in [6, 6.07) is 18.1. The summed E-state index contributed by atoms with van der Waals surface area (Å²) in [5.41, 5.74) is 2.05. The zero-order valence-electron chi connectivity index (χ0n) is 25.4. The minimum Gasteiger partial charge on any atom is -0.462 e. The van der Waals surface area contributed by atoms with Crippen LogP contribution in [0.15, 0.2) is 67.3 Å². The molecule has 1 aliphatic heterocycles. The maximum atomic E-state index is 13.5. The Hall–Kier alpha value is -3.45. The SMILES string of the molecule is C=CCN1CC[C@@]2(c3cccc(OC(C)=O)c3)C[C@@H](N(C)C(=O)CCCCCc3ccccc3)CC(OC(C)=O)[C@@H]2C1. The Balaban J connectivity index is 1.53. The van der Waals surface area contributed by atoms with Crippen molar-refractivity contribution in [2.75, 3.05) is 26.7 Å². The highest BCUT2D eigenvalue weighted by atomic mass is 16.5. The lowest BCUT2D eigenvalue weighted by atomic mass is 9.56. The molecule has 226 valence electrons. The van der Waals surface area contributed by atoms with Gasteiger partial charge in [0, 0.05) is 64.2 Å². The van der Waals surface area contributed by atoms with E-state index in [9.17, 15) is 14.4 Å². The molecule has 1 heterocycles. The van der Waals surface area contributed by atoms with Crippen molar-refractivity contribution in [3.05, 3.63) is 78.4 Å². The Kier molecular flexibility index (Phi) is 11.0. The quantitative estimate of drug-likeness (QED) is 0.140. The topological polar surface area (TPSA) is 76.2 Å². The summed E-state index contributed by atoms with van der Waals surface area (Å²) in [7, 11) is 1.90. The fourth-order valence-electron chi connectivity index (χ4n) is 7.06. The summed E-state index contributed by atoms with van der Waals surface area (Å²) in [5, 5.41) is 0. The van der Waals surface area contributed by atoms with E-state index in [2.05, 4.69) is 41.8 Å². The molecule has 1 aliphatic carbocycles. The summed E-state index contributed by atoms with van der Waals surface area (Å²) in [5.74, 6) is -0.00679. The van der Waals surface area contributed by atoms with Crippen molar-refractivity contribution in [1.82, 2.24) is 9.80 Å². The Morgan fingerprint density at radius 1 is 1.05 bits per heavy atom. The second-order valence-corrected chi connectivity index (χ2v) is 12.0. The van der Waals surface area contributed by atoms with Gasteiger partial charge < -0.3 is 14.4 Å². The van der Waals surface area contributed by atoms with Crippen LogP contribution in [0, 0.1) is 5.92 Å². The number of esters is 2. The van der Waals surface area contributed by atoms with E-state index in [1.54, 1.807) is 6.07 Å². The molecule has 2 fully saturated rings. The molecule has 0 N–H and O–H groups in total. The number of rotatable bonds is 12. The lowest BCUT2D eigenvalue weighted by Crippen LogP contribution is -2.61. The first-order chi connectivity index (χ1) is 20.2. The van der Waals surface area contributed by atoms with Crippen LogP contribution >= 0.6 is 0 Å². The zero-order chi connectivity index (χ0) is 30.1. The van der Waals surface area contributed by atoms with Crippen LogP contribution in [-0.4, -0.2) is 66.5 Å². The molecule has 0 radical (unpaired) electrons. The Morgan fingerprint density at radius 2 is 1.83 bits per heavy atom. The van der Waals surface area contributed by atoms with Crippen LogP contribution in [0.1, 0.15) is 69.9 Å². The third kappa shape index (κ3) is 7.88. The number of piperidine rings is 1. The van der Waals surface area contributed by atoms with Crippen molar-refractivity contribution >= 4 is 17.8 Å². The van der Waals surface area contributed by atoms with E-state index in [0.717, 1.165) is 63.7 Å². The second-order valence-electron chi connectivity index (χ2n) is 12.0. The minimum absolute atomic E-state index is 0.0282. The lowest BCUT2D eigenvalue weighted by Gasteiger charge is -2.56. The molecule has 2 aromatic rings. The summed E-state index contributed by atoms with van der Waals surface area (Å²) >= 11 is 0. The molecule has 2 aromatic carbocycles.